The van der Waals surface area contributed by atoms with Crippen molar-refractivity contribution < 1.29 is 19.4 Å². The molecular weight excluding hydrogens is 256 g/mol. The third-order valence-electron chi connectivity index (χ3n) is 3.63. The Bertz CT molecular complexity index is 293. The monoisotopic (exact) mass is 288 g/mol. The van der Waals surface area contributed by atoms with Crippen molar-refractivity contribution in [1.29, 1.82) is 0 Å². The van der Waals surface area contributed by atoms with Crippen molar-refractivity contribution in [3.63, 3.8) is 0 Å². The fourth-order valence-electron chi connectivity index (χ4n) is 0.800. The number of aliphatic carboxylic acids is 1. The van der Waals surface area contributed by atoms with Crippen molar-refractivity contribution in [3.05, 3.63) is 0 Å². The van der Waals surface area contributed by atoms with Gasteiger partial charge in [0.2, 0.25) is 0 Å². The van der Waals surface area contributed by atoms with Crippen LogP contribution in [0.2, 0.25) is 0 Å². The minimum Gasteiger partial charge on any atom is -0.481 e. The van der Waals surface area contributed by atoms with Gasteiger partial charge in [-0.2, -0.15) is 0 Å². The molecule has 0 spiro atoms. The number of carbonyl (C=O) groups is 2. The van der Waals surface area contributed by atoms with E-state index in [0.29, 0.717) is 13.0 Å². The molecule has 0 rings (SSSR count). The van der Waals surface area contributed by atoms with E-state index in [1.165, 1.54) is 0 Å². The summed E-state index contributed by atoms with van der Waals surface area (Å²) in [6, 6.07) is 0. The zero-order chi connectivity index (χ0) is 16.4. The van der Waals surface area contributed by atoms with Gasteiger partial charge >= 0.3 is 11.9 Å². The molecule has 20 heavy (non-hydrogen) atoms. The van der Waals surface area contributed by atoms with Crippen molar-refractivity contribution in [2.45, 2.75) is 74.1 Å². The number of carboxylic acid groups (broad SMARTS) is 1. The van der Waals surface area contributed by atoms with Gasteiger partial charge < -0.3 is 9.84 Å². The SMILES string of the molecule is CCC(C)(C)C(=O)O.CCCCOC(=O)C(C)(C)CC. The Balaban J connectivity index is 0. The van der Waals surface area contributed by atoms with Gasteiger partial charge in [0.25, 0.3) is 0 Å². The second-order valence-corrected chi connectivity index (χ2v) is 6.27. The van der Waals surface area contributed by atoms with E-state index in [1.54, 1.807) is 13.8 Å². The lowest BCUT2D eigenvalue weighted by Crippen LogP contribution is -2.26. The third-order valence-corrected chi connectivity index (χ3v) is 3.63. The molecule has 0 atom stereocenters. The van der Waals surface area contributed by atoms with E-state index in [0.717, 1.165) is 19.3 Å². The van der Waals surface area contributed by atoms with E-state index < -0.39 is 11.4 Å². The molecule has 0 saturated carbocycles. The highest BCUT2D eigenvalue weighted by Crippen LogP contribution is 2.21. The summed E-state index contributed by atoms with van der Waals surface area (Å²) in [5.74, 6) is -0.793. The molecule has 0 aromatic rings. The van der Waals surface area contributed by atoms with Crippen molar-refractivity contribution in [2.75, 3.05) is 6.61 Å². The zero-order valence-electron chi connectivity index (χ0n) is 14.2. The molecule has 0 amide bonds. The van der Waals surface area contributed by atoms with Crippen LogP contribution in [0.3, 0.4) is 0 Å². The first-order chi connectivity index (χ1) is 9.05. The summed E-state index contributed by atoms with van der Waals surface area (Å²) in [6.07, 6.45) is 3.55. The largest absolute Gasteiger partial charge is 0.481 e. The number of unbranched alkanes of at least 4 members (excludes halogenated alkanes) is 1. The summed E-state index contributed by atoms with van der Waals surface area (Å²) >= 11 is 0. The first-order valence-electron chi connectivity index (χ1n) is 7.45. The van der Waals surface area contributed by atoms with E-state index in [4.69, 9.17) is 9.84 Å². The highest BCUT2D eigenvalue weighted by atomic mass is 16.5. The predicted octanol–water partition coefficient (Wildman–Crippen LogP) is 4.27. The van der Waals surface area contributed by atoms with Crippen LogP contribution in [0.4, 0.5) is 0 Å². The number of hydrogen-bond donors (Lipinski definition) is 1. The zero-order valence-corrected chi connectivity index (χ0v) is 14.2. The quantitative estimate of drug-likeness (QED) is 0.561. The molecule has 0 aromatic heterocycles. The Kier molecular flexibility index (Phi) is 10.4. The second kappa shape index (κ2) is 9.78. The Morgan fingerprint density at radius 2 is 1.40 bits per heavy atom. The van der Waals surface area contributed by atoms with Crippen molar-refractivity contribution in [1.82, 2.24) is 0 Å². The first-order valence-corrected chi connectivity index (χ1v) is 7.45. The average molecular weight is 288 g/mol. The standard InChI is InChI=1S/C10H20O2.C6H12O2/c1-5-7-8-12-9(11)10(3,4)6-2;1-4-6(2,3)5(7)8/h5-8H2,1-4H3;4H2,1-3H3,(H,7,8). The molecule has 1 N–H and O–H groups in total. The van der Waals surface area contributed by atoms with Crippen LogP contribution < -0.4 is 0 Å². The van der Waals surface area contributed by atoms with Crippen LogP contribution in [0.1, 0.15) is 74.1 Å². The highest BCUT2D eigenvalue weighted by molar-refractivity contribution is 5.75. The number of rotatable bonds is 7. The first kappa shape index (κ1) is 21.2. The maximum atomic E-state index is 11.3. The van der Waals surface area contributed by atoms with E-state index in [1.807, 2.05) is 27.7 Å². The van der Waals surface area contributed by atoms with Crippen LogP contribution in [0.25, 0.3) is 0 Å². The van der Waals surface area contributed by atoms with Gasteiger partial charge in [0.1, 0.15) is 0 Å². The van der Waals surface area contributed by atoms with E-state index in [2.05, 4.69) is 6.92 Å². The summed E-state index contributed by atoms with van der Waals surface area (Å²) in [6.45, 7) is 13.8. The Morgan fingerprint density at radius 1 is 0.950 bits per heavy atom. The molecule has 120 valence electrons. The Hall–Kier alpha value is -1.06. The predicted molar refractivity (Wildman–Crippen MR) is 81.6 cm³/mol. The Labute approximate surface area is 123 Å². The number of carbonyl (C=O) groups excluding carboxylic acids is 1. The molecule has 0 aliphatic carbocycles. The molecule has 4 nitrogen and oxygen atoms in total. The van der Waals surface area contributed by atoms with E-state index in [-0.39, 0.29) is 11.4 Å². The van der Waals surface area contributed by atoms with Crippen LogP contribution in [-0.4, -0.2) is 23.7 Å². The van der Waals surface area contributed by atoms with Gasteiger partial charge in [-0.25, -0.2) is 0 Å². The number of esters is 1. The van der Waals surface area contributed by atoms with Crippen LogP contribution in [0, 0.1) is 10.8 Å². The minimum atomic E-state index is -0.722. The number of hydrogen-bond acceptors (Lipinski definition) is 3. The maximum Gasteiger partial charge on any atom is 0.311 e. The fraction of sp³-hybridized carbons (Fsp3) is 0.875. The topological polar surface area (TPSA) is 63.6 Å². The van der Waals surface area contributed by atoms with Crippen molar-refractivity contribution in [2.24, 2.45) is 10.8 Å². The van der Waals surface area contributed by atoms with Crippen LogP contribution in [0.5, 0.6) is 0 Å². The molecule has 0 fully saturated rings. The van der Waals surface area contributed by atoms with Crippen LogP contribution >= 0.6 is 0 Å². The molecule has 0 aliphatic heterocycles. The van der Waals surface area contributed by atoms with Crippen molar-refractivity contribution >= 4 is 11.9 Å². The molecule has 4 heteroatoms. The normalized spacial score (nSPS) is 11.3. The summed E-state index contributed by atoms with van der Waals surface area (Å²) < 4.78 is 5.10. The van der Waals surface area contributed by atoms with Gasteiger partial charge in [0.05, 0.1) is 17.4 Å². The smallest absolute Gasteiger partial charge is 0.311 e. The summed E-state index contributed by atoms with van der Waals surface area (Å²) in [7, 11) is 0. The lowest BCUT2D eigenvalue weighted by molar-refractivity contribution is -0.154. The molecule has 0 aromatic carbocycles. The van der Waals surface area contributed by atoms with Crippen molar-refractivity contribution in [3.8, 4) is 0 Å². The molecule has 0 bridgehead atoms. The second-order valence-electron chi connectivity index (χ2n) is 6.27. The molecule has 0 aliphatic rings. The van der Waals surface area contributed by atoms with E-state index in [9.17, 15) is 9.59 Å². The molecule has 0 unspecified atom stereocenters. The number of carboxylic acids is 1. The fourth-order valence-corrected chi connectivity index (χ4v) is 0.800. The maximum absolute atomic E-state index is 11.3. The van der Waals surface area contributed by atoms with Crippen LogP contribution in [-0.2, 0) is 14.3 Å². The average Bonchev–Trinajstić information content (AvgIpc) is 2.39. The van der Waals surface area contributed by atoms with Crippen LogP contribution in [0.15, 0.2) is 0 Å². The molecule has 0 saturated heterocycles. The van der Waals surface area contributed by atoms with Gasteiger partial charge in [0, 0.05) is 0 Å². The third kappa shape index (κ3) is 8.94. The van der Waals surface area contributed by atoms with Gasteiger partial charge in [-0.15, -0.1) is 0 Å². The Morgan fingerprint density at radius 3 is 1.65 bits per heavy atom. The molecular formula is C16H32O4. The summed E-state index contributed by atoms with van der Waals surface area (Å²) in [5, 5.41) is 8.44. The minimum absolute atomic E-state index is 0.0709. The number of ether oxygens (including phenoxy) is 1. The lowest BCUT2D eigenvalue weighted by Gasteiger charge is -2.19. The summed E-state index contributed by atoms with van der Waals surface area (Å²) in [4.78, 5) is 21.6. The van der Waals surface area contributed by atoms with E-state index >= 15 is 0 Å². The van der Waals surface area contributed by atoms with Gasteiger partial charge in [-0.3, -0.25) is 9.59 Å². The van der Waals surface area contributed by atoms with Gasteiger partial charge in [-0.1, -0.05) is 27.2 Å². The molecule has 0 heterocycles. The summed E-state index contributed by atoms with van der Waals surface area (Å²) in [5.41, 5.74) is -0.853. The van der Waals surface area contributed by atoms with Gasteiger partial charge in [0.15, 0.2) is 0 Å². The van der Waals surface area contributed by atoms with Gasteiger partial charge in [-0.05, 0) is 47.0 Å². The lowest BCUT2D eigenvalue weighted by atomic mass is 9.91. The highest BCUT2D eigenvalue weighted by Gasteiger charge is 2.26. The molecule has 0 radical (unpaired) electrons.